The maximum atomic E-state index is 12.3. The lowest BCUT2D eigenvalue weighted by Crippen LogP contribution is -2.56. The Morgan fingerprint density at radius 1 is 1.11 bits per heavy atom. The molecule has 1 aliphatic heterocycles. The fraction of sp³-hybridized carbons (Fsp3) is 0.846. The molecule has 0 aromatic rings. The highest BCUT2D eigenvalue weighted by atomic mass is 16.4. The predicted octanol–water partition coefficient (Wildman–Crippen LogP) is 1.39. The molecule has 0 unspecified atom stereocenters. The van der Waals surface area contributed by atoms with Crippen molar-refractivity contribution in [1.29, 1.82) is 0 Å². The number of hydrogen-bond donors (Lipinski definition) is 1. The molecule has 1 heterocycles. The van der Waals surface area contributed by atoms with Crippen molar-refractivity contribution in [3.8, 4) is 0 Å². The van der Waals surface area contributed by atoms with Crippen LogP contribution in [-0.2, 0) is 4.79 Å². The highest BCUT2D eigenvalue weighted by molar-refractivity contribution is 5.76. The van der Waals surface area contributed by atoms with Gasteiger partial charge in [0.15, 0.2) is 0 Å². The fourth-order valence-corrected chi connectivity index (χ4v) is 2.63. The summed E-state index contributed by atoms with van der Waals surface area (Å²) in [5, 5.41) is 8.69. The van der Waals surface area contributed by atoms with E-state index in [9.17, 15) is 9.59 Å². The molecule has 0 aromatic carbocycles. The summed E-state index contributed by atoms with van der Waals surface area (Å²) < 4.78 is 0. The van der Waals surface area contributed by atoms with Crippen LogP contribution in [0.4, 0.5) is 4.79 Å². The lowest BCUT2D eigenvalue weighted by atomic mass is 9.97. The lowest BCUT2D eigenvalue weighted by Gasteiger charge is -2.41. The van der Waals surface area contributed by atoms with Crippen molar-refractivity contribution in [3.05, 3.63) is 0 Å². The van der Waals surface area contributed by atoms with Gasteiger partial charge in [-0.25, -0.2) is 4.79 Å². The second-order valence-corrected chi connectivity index (χ2v) is 5.98. The molecule has 3 aliphatic rings. The first-order valence-corrected chi connectivity index (χ1v) is 6.91. The first-order valence-electron chi connectivity index (χ1n) is 6.91. The smallest absolute Gasteiger partial charge is 0.320 e. The van der Waals surface area contributed by atoms with Crippen LogP contribution in [0.15, 0.2) is 0 Å². The van der Waals surface area contributed by atoms with Crippen molar-refractivity contribution in [2.24, 2.45) is 11.8 Å². The molecule has 5 nitrogen and oxygen atoms in total. The summed E-state index contributed by atoms with van der Waals surface area (Å²) in [5.74, 6) is 0.128. The van der Waals surface area contributed by atoms with E-state index in [1.165, 1.54) is 12.8 Å². The van der Waals surface area contributed by atoms with Gasteiger partial charge in [-0.3, -0.25) is 4.79 Å². The average Bonchev–Trinajstić information content (AvgIpc) is 3.11. The Morgan fingerprint density at radius 3 is 2.28 bits per heavy atom. The monoisotopic (exact) mass is 252 g/mol. The van der Waals surface area contributed by atoms with Crippen LogP contribution in [0.25, 0.3) is 0 Å². The van der Waals surface area contributed by atoms with Gasteiger partial charge in [-0.2, -0.15) is 0 Å². The molecule has 100 valence electrons. The fourth-order valence-electron chi connectivity index (χ4n) is 2.63. The number of carbonyl (C=O) groups is 2. The molecular weight excluding hydrogens is 232 g/mol. The summed E-state index contributed by atoms with van der Waals surface area (Å²) in [4.78, 5) is 26.7. The van der Waals surface area contributed by atoms with Gasteiger partial charge < -0.3 is 14.9 Å². The molecule has 0 spiro atoms. The minimum absolute atomic E-state index is 0.144. The summed E-state index contributed by atoms with van der Waals surface area (Å²) >= 11 is 0. The molecule has 0 bridgehead atoms. The van der Waals surface area contributed by atoms with Crippen LogP contribution >= 0.6 is 0 Å². The van der Waals surface area contributed by atoms with E-state index in [1.807, 2.05) is 9.80 Å². The quantitative estimate of drug-likeness (QED) is 0.804. The number of likely N-dealkylation sites (tertiary alicyclic amines) is 1. The molecule has 18 heavy (non-hydrogen) atoms. The molecule has 1 saturated heterocycles. The molecule has 2 aliphatic carbocycles. The van der Waals surface area contributed by atoms with Crippen LogP contribution in [-0.4, -0.2) is 52.6 Å². The van der Waals surface area contributed by atoms with E-state index < -0.39 is 5.97 Å². The molecule has 2 saturated carbocycles. The molecule has 0 atom stereocenters. The number of rotatable bonds is 5. The normalized spacial score (nSPS) is 23.7. The first kappa shape index (κ1) is 11.8. The summed E-state index contributed by atoms with van der Waals surface area (Å²) in [6.07, 6.45) is 5.00. The zero-order valence-electron chi connectivity index (χ0n) is 10.5. The van der Waals surface area contributed by atoms with Crippen molar-refractivity contribution in [1.82, 2.24) is 9.80 Å². The minimum Gasteiger partial charge on any atom is -0.481 e. The van der Waals surface area contributed by atoms with Gasteiger partial charge in [-0.05, 0) is 31.6 Å². The summed E-state index contributed by atoms with van der Waals surface area (Å²) in [6.45, 7) is 2.17. The van der Waals surface area contributed by atoms with Crippen molar-refractivity contribution in [3.63, 3.8) is 0 Å². The van der Waals surface area contributed by atoms with Gasteiger partial charge in [0, 0.05) is 31.6 Å². The molecule has 3 fully saturated rings. The zero-order valence-corrected chi connectivity index (χ0v) is 10.5. The van der Waals surface area contributed by atoms with Gasteiger partial charge in [-0.15, -0.1) is 0 Å². The van der Waals surface area contributed by atoms with Crippen molar-refractivity contribution in [2.75, 3.05) is 19.6 Å². The number of carboxylic acid groups (broad SMARTS) is 1. The van der Waals surface area contributed by atoms with Gasteiger partial charge in [0.25, 0.3) is 0 Å². The van der Waals surface area contributed by atoms with Crippen molar-refractivity contribution < 1.29 is 14.7 Å². The van der Waals surface area contributed by atoms with E-state index >= 15 is 0 Å². The SMILES string of the molecule is O=C(O)CC1CN(C(=O)N(CC2CC2)C2CC2)C1. The molecule has 0 aromatic heterocycles. The highest BCUT2D eigenvalue weighted by Gasteiger charge is 2.41. The Balaban J connectivity index is 1.49. The second kappa shape index (κ2) is 4.44. The standard InChI is InChI=1S/C13H20N2O3/c16-12(17)5-10-6-14(7-10)13(18)15(11-3-4-11)8-9-1-2-9/h9-11H,1-8H2,(H,16,17). The van der Waals surface area contributed by atoms with Gasteiger partial charge in [0.05, 0.1) is 6.42 Å². The van der Waals surface area contributed by atoms with Crippen LogP contribution in [0.3, 0.4) is 0 Å². The van der Waals surface area contributed by atoms with E-state index in [4.69, 9.17) is 5.11 Å². The number of carboxylic acids is 1. The topological polar surface area (TPSA) is 60.9 Å². The molecule has 2 amide bonds. The van der Waals surface area contributed by atoms with Gasteiger partial charge in [0.1, 0.15) is 0 Å². The van der Waals surface area contributed by atoms with Crippen LogP contribution in [0.1, 0.15) is 32.1 Å². The number of amides is 2. The summed E-state index contributed by atoms with van der Waals surface area (Å²) in [5.41, 5.74) is 0. The van der Waals surface area contributed by atoms with Crippen molar-refractivity contribution in [2.45, 2.75) is 38.1 Å². The van der Waals surface area contributed by atoms with Crippen LogP contribution in [0.5, 0.6) is 0 Å². The van der Waals surface area contributed by atoms with E-state index in [0.29, 0.717) is 19.1 Å². The summed E-state index contributed by atoms with van der Waals surface area (Å²) in [6, 6.07) is 0.614. The van der Waals surface area contributed by atoms with Gasteiger partial charge in [-0.1, -0.05) is 0 Å². The third-order valence-electron chi connectivity index (χ3n) is 4.08. The van der Waals surface area contributed by atoms with Gasteiger partial charge in [0.2, 0.25) is 0 Å². The van der Waals surface area contributed by atoms with Gasteiger partial charge >= 0.3 is 12.0 Å². The number of carbonyl (C=O) groups excluding carboxylic acids is 1. The maximum Gasteiger partial charge on any atom is 0.320 e. The number of nitrogens with zero attached hydrogens (tertiary/aromatic N) is 2. The molecule has 0 radical (unpaired) electrons. The Hall–Kier alpha value is -1.26. The third kappa shape index (κ3) is 2.60. The lowest BCUT2D eigenvalue weighted by molar-refractivity contribution is -0.139. The Bertz CT molecular complexity index is 357. The number of aliphatic carboxylic acids is 1. The highest BCUT2D eigenvalue weighted by Crippen LogP contribution is 2.36. The Labute approximate surface area is 107 Å². The predicted molar refractivity (Wildman–Crippen MR) is 65.2 cm³/mol. The Kier molecular flexibility index (Phi) is 2.92. The second-order valence-electron chi connectivity index (χ2n) is 5.98. The average molecular weight is 252 g/mol. The van der Waals surface area contributed by atoms with E-state index in [2.05, 4.69) is 0 Å². The molecule has 5 heteroatoms. The minimum atomic E-state index is -0.760. The van der Waals surface area contributed by atoms with E-state index in [1.54, 1.807) is 0 Å². The first-order chi connectivity index (χ1) is 8.63. The van der Waals surface area contributed by atoms with Crippen LogP contribution in [0, 0.1) is 11.8 Å². The Morgan fingerprint density at radius 2 is 1.78 bits per heavy atom. The van der Waals surface area contributed by atoms with Crippen LogP contribution in [0.2, 0.25) is 0 Å². The largest absolute Gasteiger partial charge is 0.481 e. The molecular formula is C13H20N2O3. The van der Waals surface area contributed by atoms with E-state index in [-0.39, 0.29) is 18.4 Å². The maximum absolute atomic E-state index is 12.3. The number of urea groups is 1. The third-order valence-corrected chi connectivity index (χ3v) is 4.08. The molecule has 1 N–H and O–H groups in total. The summed E-state index contributed by atoms with van der Waals surface area (Å²) in [7, 11) is 0. The van der Waals surface area contributed by atoms with E-state index in [0.717, 1.165) is 25.3 Å². The molecule has 3 rings (SSSR count). The van der Waals surface area contributed by atoms with Crippen LogP contribution < -0.4 is 0 Å². The number of hydrogen-bond acceptors (Lipinski definition) is 2. The zero-order chi connectivity index (χ0) is 12.7. The van der Waals surface area contributed by atoms with Crippen molar-refractivity contribution >= 4 is 12.0 Å².